The summed E-state index contributed by atoms with van der Waals surface area (Å²) in [6.45, 7) is 2.15. The molecule has 0 spiro atoms. The maximum Gasteiger partial charge on any atom is 0.412 e. The van der Waals surface area contributed by atoms with Gasteiger partial charge >= 0.3 is 12.1 Å². The van der Waals surface area contributed by atoms with Crippen LogP contribution in [-0.2, 0) is 16.0 Å². The predicted octanol–water partition coefficient (Wildman–Crippen LogP) is -2.45. The Kier molecular flexibility index (Phi) is 8.18. The van der Waals surface area contributed by atoms with Crippen LogP contribution in [0.5, 0.6) is 11.5 Å². The number of halogens is 1. The van der Waals surface area contributed by atoms with E-state index < -0.39 is 18.1 Å². The van der Waals surface area contributed by atoms with E-state index in [0.29, 0.717) is 12.1 Å². The number of phenolic OH excluding ortho intramolecular Hbond substituents is 1. The summed E-state index contributed by atoms with van der Waals surface area (Å²) in [7, 11) is 1.25. The summed E-state index contributed by atoms with van der Waals surface area (Å²) in [6, 6.07) is 3.59. The van der Waals surface area contributed by atoms with Crippen molar-refractivity contribution >= 4 is 12.1 Å². The number of esters is 1. The number of carbonyl (C=O) groups is 2. The van der Waals surface area contributed by atoms with Gasteiger partial charge < -0.3 is 38.0 Å². The molecular weight excluding hydrogens is 300 g/mol. The van der Waals surface area contributed by atoms with E-state index in [1.165, 1.54) is 19.2 Å². The van der Waals surface area contributed by atoms with Crippen LogP contribution in [0, 0.1) is 0 Å². The zero-order valence-corrected chi connectivity index (χ0v) is 12.5. The number of nitrogens with one attached hydrogen (secondary N) is 1. The van der Waals surface area contributed by atoms with Crippen molar-refractivity contribution in [1.82, 2.24) is 5.32 Å². The van der Waals surface area contributed by atoms with E-state index in [2.05, 4.69) is 10.1 Å². The molecule has 0 aliphatic rings. The molecule has 0 fully saturated rings. The smallest absolute Gasteiger partial charge is 0.412 e. The van der Waals surface area contributed by atoms with Crippen LogP contribution < -0.4 is 28.2 Å². The summed E-state index contributed by atoms with van der Waals surface area (Å²) < 4.78 is 9.46. The van der Waals surface area contributed by atoms with Gasteiger partial charge in [0, 0.05) is 6.54 Å². The number of ether oxygens (including phenoxy) is 2. The van der Waals surface area contributed by atoms with Gasteiger partial charge in [0.1, 0.15) is 6.04 Å². The fourth-order valence-electron chi connectivity index (χ4n) is 1.54. The van der Waals surface area contributed by atoms with Gasteiger partial charge in [-0.3, -0.25) is 4.79 Å². The van der Waals surface area contributed by atoms with Crippen LogP contribution in [0.15, 0.2) is 18.2 Å². The van der Waals surface area contributed by atoms with Crippen molar-refractivity contribution in [1.29, 1.82) is 0 Å². The SMILES string of the molecule is CCNC(=O)Oc1cc(C[C@H](N)C(=O)OC)ccc1O.[Cl-]. The van der Waals surface area contributed by atoms with E-state index in [-0.39, 0.29) is 30.3 Å². The molecule has 0 aliphatic heterocycles. The fourth-order valence-corrected chi connectivity index (χ4v) is 1.54. The molecule has 0 radical (unpaired) electrons. The average Bonchev–Trinajstić information content (AvgIpc) is 2.41. The molecule has 1 rings (SSSR count). The first-order valence-electron chi connectivity index (χ1n) is 6.08. The Morgan fingerprint density at radius 2 is 2.10 bits per heavy atom. The summed E-state index contributed by atoms with van der Waals surface area (Å²) in [5.41, 5.74) is 6.28. The average molecular weight is 318 g/mol. The van der Waals surface area contributed by atoms with Gasteiger partial charge in [0.15, 0.2) is 11.5 Å². The first kappa shape index (κ1) is 19.0. The molecule has 0 unspecified atom stereocenters. The van der Waals surface area contributed by atoms with Gasteiger partial charge in [-0.25, -0.2) is 4.79 Å². The first-order valence-corrected chi connectivity index (χ1v) is 6.08. The van der Waals surface area contributed by atoms with Gasteiger partial charge in [0.25, 0.3) is 0 Å². The molecule has 8 heteroatoms. The lowest BCUT2D eigenvalue weighted by molar-refractivity contribution is -0.142. The Hall–Kier alpha value is -1.99. The Labute approximate surface area is 128 Å². The standard InChI is InChI=1S/C13H18N2O5.ClH/c1-3-15-13(18)20-11-7-8(4-5-10(11)16)6-9(14)12(17)19-2;/h4-5,7,9,16H,3,6,14H2,1-2H3,(H,15,18);1H/p-1/t9-;/m0./s1. The molecule has 1 aromatic rings. The molecule has 0 aliphatic carbocycles. The Balaban J connectivity index is 0.00000400. The van der Waals surface area contributed by atoms with Gasteiger partial charge in [-0.1, -0.05) is 6.07 Å². The van der Waals surface area contributed by atoms with Gasteiger partial charge in [-0.05, 0) is 31.0 Å². The normalized spacial score (nSPS) is 11.0. The van der Waals surface area contributed by atoms with Crippen molar-refractivity contribution in [2.45, 2.75) is 19.4 Å². The minimum Gasteiger partial charge on any atom is -1.00 e. The van der Waals surface area contributed by atoms with E-state index in [0.717, 1.165) is 0 Å². The highest BCUT2D eigenvalue weighted by atomic mass is 35.5. The molecule has 118 valence electrons. The maximum atomic E-state index is 11.3. The second-order valence-electron chi connectivity index (χ2n) is 4.06. The highest BCUT2D eigenvalue weighted by Crippen LogP contribution is 2.27. The minimum absolute atomic E-state index is 0. The van der Waals surface area contributed by atoms with E-state index >= 15 is 0 Å². The molecule has 0 heterocycles. The van der Waals surface area contributed by atoms with Crippen LogP contribution in [0.25, 0.3) is 0 Å². The molecule has 0 saturated heterocycles. The molecule has 1 aromatic carbocycles. The number of hydrogen-bond donors (Lipinski definition) is 3. The Morgan fingerprint density at radius 3 is 2.67 bits per heavy atom. The number of aromatic hydroxyl groups is 1. The molecule has 4 N–H and O–H groups in total. The van der Waals surface area contributed by atoms with Crippen LogP contribution in [0.4, 0.5) is 4.79 Å². The van der Waals surface area contributed by atoms with Crippen molar-refractivity contribution < 1.29 is 36.6 Å². The number of benzene rings is 1. The fraction of sp³-hybridized carbons (Fsp3) is 0.385. The van der Waals surface area contributed by atoms with Gasteiger partial charge in [-0.15, -0.1) is 0 Å². The van der Waals surface area contributed by atoms with E-state index in [9.17, 15) is 14.7 Å². The van der Waals surface area contributed by atoms with Gasteiger partial charge in [-0.2, -0.15) is 0 Å². The van der Waals surface area contributed by atoms with Crippen LogP contribution in [0.3, 0.4) is 0 Å². The summed E-state index contributed by atoms with van der Waals surface area (Å²) in [5, 5.41) is 12.1. The third-order valence-corrected chi connectivity index (χ3v) is 2.51. The Morgan fingerprint density at radius 1 is 1.43 bits per heavy atom. The first-order chi connectivity index (χ1) is 9.47. The summed E-state index contributed by atoms with van der Waals surface area (Å²) >= 11 is 0. The van der Waals surface area contributed by atoms with Gasteiger partial charge in [0.05, 0.1) is 7.11 Å². The molecule has 0 saturated carbocycles. The third kappa shape index (κ3) is 5.88. The highest BCUT2D eigenvalue weighted by molar-refractivity contribution is 5.76. The topological polar surface area (TPSA) is 111 Å². The lowest BCUT2D eigenvalue weighted by Crippen LogP contribution is -3.00. The number of carbonyl (C=O) groups excluding carboxylic acids is 2. The summed E-state index contributed by atoms with van der Waals surface area (Å²) in [6.07, 6.45) is -0.462. The van der Waals surface area contributed by atoms with Crippen molar-refractivity contribution in [3.63, 3.8) is 0 Å². The number of amides is 1. The second-order valence-corrected chi connectivity index (χ2v) is 4.06. The highest BCUT2D eigenvalue weighted by Gasteiger charge is 2.16. The number of hydrogen-bond acceptors (Lipinski definition) is 6. The van der Waals surface area contributed by atoms with Crippen molar-refractivity contribution in [3.05, 3.63) is 23.8 Å². The van der Waals surface area contributed by atoms with Crippen LogP contribution in [-0.4, -0.2) is 36.9 Å². The van der Waals surface area contributed by atoms with E-state index in [4.69, 9.17) is 10.5 Å². The quantitative estimate of drug-likeness (QED) is 0.520. The van der Waals surface area contributed by atoms with Crippen molar-refractivity contribution in [2.24, 2.45) is 5.73 Å². The molecule has 1 atom stereocenters. The third-order valence-electron chi connectivity index (χ3n) is 2.51. The monoisotopic (exact) mass is 317 g/mol. The van der Waals surface area contributed by atoms with Crippen LogP contribution in [0.2, 0.25) is 0 Å². The van der Waals surface area contributed by atoms with Gasteiger partial charge in [0.2, 0.25) is 0 Å². The molecular formula is C13H18ClN2O5-. The molecule has 1 amide bonds. The number of rotatable bonds is 5. The number of nitrogens with two attached hydrogens (primary N) is 1. The lowest BCUT2D eigenvalue weighted by atomic mass is 10.1. The van der Waals surface area contributed by atoms with Crippen molar-refractivity contribution in [3.8, 4) is 11.5 Å². The number of methoxy groups -OCH3 is 1. The number of phenols is 1. The minimum atomic E-state index is -0.818. The molecule has 7 nitrogen and oxygen atoms in total. The summed E-state index contributed by atoms with van der Waals surface area (Å²) in [5.74, 6) is -0.707. The predicted molar refractivity (Wildman–Crippen MR) is 71.5 cm³/mol. The molecule has 21 heavy (non-hydrogen) atoms. The zero-order valence-electron chi connectivity index (χ0n) is 11.8. The van der Waals surface area contributed by atoms with Crippen molar-refractivity contribution in [2.75, 3.05) is 13.7 Å². The van der Waals surface area contributed by atoms with E-state index in [1.54, 1.807) is 13.0 Å². The lowest BCUT2D eigenvalue weighted by Gasteiger charge is -2.11. The van der Waals surface area contributed by atoms with Crippen LogP contribution >= 0.6 is 0 Å². The largest absolute Gasteiger partial charge is 1.00 e. The summed E-state index contributed by atoms with van der Waals surface area (Å²) in [4.78, 5) is 22.5. The van der Waals surface area contributed by atoms with Crippen LogP contribution in [0.1, 0.15) is 12.5 Å². The molecule has 0 bridgehead atoms. The van der Waals surface area contributed by atoms with E-state index in [1.807, 2.05) is 0 Å². The maximum absolute atomic E-state index is 11.3. The zero-order chi connectivity index (χ0) is 15.1. The Bertz CT molecular complexity index is 495. The second kappa shape index (κ2) is 9.04. The molecule has 0 aromatic heterocycles.